The van der Waals surface area contributed by atoms with Gasteiger partial charge in [-0.1, -0.05) is 13.8 Å². The maximum absolute atomic E-state index is 9.53. The van der Waals surface area contributed by atoms with Gasteiger partial charge >= 0.3 is 17.7 Å². The molecule has 0 unspecified atom stereocenters. The SMILES string of the molecule is CC(C)[O-].O[B+]O. The molecule has 2 N–H and O–H groups in total. The van der Waals surface area contributed by atoms with Gasteiger partial charge in [0.05, 0.1) is 0 Å². The Morgan fingerprint density at radius 1 is 1.43 bits per heavy atom. The van der Waals surface area contributed by atoms with Gasteiger partial charge in [0.25, 0.3) is 0 Å². The molecule has 0 rings (SSSR count). The molecule has 0 aliphatic heterocycles. The van der Waals surface area contributed by atoms with Crippen LogP contribution < -0.4 is 5.11 Å². The quantitative estimate of drug-likeness (QED) is 0.358. The molecule has 0 atom stereocenters. The number of hydrogen-bond acceptors (Lipinski definition) is 3. The number of rotatable bonds is 0. The van der Waals surface area contributed by atoms with E-state index in [0.29, 0.717) is 0 Å². The average Bonchev–Trinajstić information content (AvgIpc) is 1.33. The van der Waals surface area contributed by atoms with Crippen LogP contribution in [0.2, 0.25) is 0 Å². The van der Waals surface area contributed by atoms with Gasteiger partial charge in [-0.3, -0.25) is 0 Å². The van der Waals surface area contributed by atoms with Gasteiger partial charge in [-0.15, -0.1) is 6.10 Å². The predicted molar refractivity (Wildman–Crippen MR) is 25.3 cm³/mol. The molecular formula is C3H9BO3. The van der Waals surface area contributed by atoms with Gasteiger partial charge in [-0.25, -0.2) is 0 Å². The van der Waals surface area contributed by atoms with E-state index in [2.05, 4.69) is 0 Å². The van der Waals surface area contributed by atoms with Gasteiger partial charge < -0.3 is 5.11 Å². The second-order valence-corrected chi connectivity index (χ2v) is 1.16. The molecule has 4 heteroatoms. The Labute approximate surface area is 43.9 Å². The molecule has 0 aliphatic carbocycles. The van der Waals surface area contributed by atoms with Gasteiger partial charge in [0.15, 0.2) is 0 Å². The van der Waals surface area contributed by atoms with Crippen molar-refractivity contribution in [2.75, 3.05) is 0 Å². The molecule has 0 bridgehead atoms. The van der Waals surface area contributed by atoms with Crippen molar-refractivity contribution in [1.29, 1.82) is 0 Å². The third-order valence-corrected chi connectivity index (χ3v) is 0. The summed E-state index contributed by atoms with van der Waals surface area (Å²) in [6, 6.07) is 0. The molecule has 0 aromatic heterocycles. The van der Waals surface area contributed by atoms with Crippen LogP contribution in [-0.4, -0.2) is 23.8 Å². The van der Waals surface area contributed by atoms with Crippen LogP contribution in [0.5, 0.6) is 0 Å². The van der Waals surface area contributed by atoms with Crippen molar-refractivity contribution >= 4 is 7.69 Å². The number of hydrogen-bond donors (Lipinski definition) is 2. The predicted octanol–water partition coefficient (Wildman–Crippen LogP) is -1.74. The second-order valence-electron chi connectivity index (χ2n) is 1.16. The summed E-state index contributed by atoms with van der Waals surface area (Å²) < 4.78 is 0. The van der Waals surface area contributed by atoms with E-state index in [1.807, 2.05) is 0 Å². The summed E-state index contributed by atoms with van der Waals surface area (Å²) in [7, 11) is 0. The van der Waals surface area contributed by atoms with E-state index in [0.717, 1.165) is 0 Å². The maximum atomic E-state index is 9.53. The zero-order valence-corrected chi connectivity index (χ0v) is 4.46. The topological polar surface area (TPSA) is 63.5 Å². The van der Waals surface area contributed by atoms with Gasteiger partial charge in [0, 0.05) is 0 Å². The van der Waals surface area contributed by atoms with Crippen molar-refractivity contribution in [1.82, 2.24) is 0 Å². The minimum atomic E-state index is -0.417. The van der Waals surface area contributed by atoms with E-state index in [-0.39, 0.29) is 7.69 Å². The Morgan fingerprint density at radius 2 is 1.43 bits per heavy atom. The zero-order chi connectivity index (χ0) is 6.28. The first-order chi connectivity index (χ1) is 3.15. The molecule has 0 saturated heterocycles. The van der Waals surface area contributed by atoms with E-state index in [4.69, 9.17) is 10.0 Å². The molecule has 0 heterocycles. The van der Waals surface area contributed by atoms with Crippen LogP contribution in [-0.2, 0) is 0 Å². The van der Waals surface area contributed by atoms with Crippen molar-refractivity contribution < 1.29 is 15.2 Å². The first-order valence-electron chi connectivity index (χ1n) is 1.91. The van der Waals surface area contributed by atoms with Crippen LogP contribution in [0, 0.1) is 0 Å². The van der Waals surface area contributed by atoms with Gasteiger partial charge in [0.1, 0.15) is 0 Å². The monoisotopic (exact) mass is 104 g/mol. The summed E-state index contributed by atoms with van der Waals surface area (Å²) in [4.78, 5) is 0. The van der Waals surface area contributed by atoms with Crippen LogP contribution in [0.3, 0.4) is 0 Å². The molecule has 0 spiro atoms. The van der Waals surface area contributed by atoms with Crippen LogP contribution in [0.4, 0.5) is 0 Å². The summed E-state index contributed by atoms with van der Waals surface area (Å²) in [6.07, 6.45) is -0.417. The normalized spacial score (nSPS) is 6.57. The zero-order valence-electron chi connectivity index (χ0n) is 4.46. The molecule has 0 fully saturated rings. The molecule has 42 valence electrons. The summed E-state index contributed by atoms with van der Waals surface area (Å²) in [5.74, 6) is 0. The molecule has 0 aromatic rings. The van der Waals surface area contributed by atoms with E-state index in [1.165, 1.54) is 0 Å². The van der Waals surface area contributed by atoms with Gasteiger partial charge in [-0.05, 0) is 0 Å². The molecular weight excluding hydrogens is 94.8 g/mol. The third-order valence-electron chi connectivity index (χ3n) is 0. The van der Waals surface area contributed by atoms with E-state index >= 15 is 0 Å². The third kappa shape index (κ3) is 30500. The Hall–Kier alpha value is -0.0551. The molecule has 3 nitrogen and oxygen atoms in total. The first-order valence-corrected chi connectivity index (χ1v) is 1.91. The minimum absolute atomic E-state index is 0. The first kappa shape index (κ1) is 10.0. The fraction of sp³-hybridized carbons (Fsp3) is 1.00. The summed E-state index contributed by atoms with van der Waals surface area (Å²) in [6.45, 7) is 3.22. The van der Waals surface area contributed by atoms with Crippen molar-refractivity contribution in [2.24, 2.45) is 0 Å². The second kappa shape index (κ2) is 9.34. The molecule has 0 aliphatic rings. The van der Waals surface area contributed by atoms with Crippen LogP contribution >= 0.6 is 0 Å². The molecule has 0 radical (unpaired) electrons. The Morgan fingerprint density at radius 3 is 1.43 bits per heavy atom. The fourth-order valence-electron chi connectivity index (χ4n) is 0. The Balaban J connectivity index is 0. The van der Waals surface area contributed by atoms with Gasteiger partial charge in [0.2, 0.25) is 0 Å². The van der Waals surface area contributed by atoms with Crippen molar-refractivity contribution in [3.8, 4) is 0 Å². The summed E-state index contributed by atoms with van der Waals surface area (Å²) in [5.41, 5.74) is 0. The average molecular weight is 104 g/mol. The molecule has 0 amide bonds. The fourth-order valence-corrected chi connectivity index (χ4v) is 0. The van der Waals surface area contributed by atoms with Gasteiger partial charge in [-0.2, -0.15) is 0 Å². The van der Waals surface area contributed by atoms with Crippen molar-refractivity contribution in [3.63, 3.8) is 0 Å². The van der Waals surface area contributed by atoms with Crippen molar-refractivity contribution in [3.05, 3.63) is 0 Å². The molecule has 0 saturated carbocycles. The Kier molecular flexibility index (Phi) is 13.4. The van der Waals surface area contributed by atoms with Crippen LogP contribution in [0.1, 0.15) is 13.8 Å². The molecule has 7 heavy (non-hydrogen) atoms. The van der Waals surface area contributed by atoms with Crippen LogP contribution in [0.25, 0.3) is 0 Å². The van der Waals surface area contributed by atoms with Crippen LogP contribution in [0.15, 0.2) is 0 Å². The summed E-state index contributed by atoms with van der Waals surface area (Å²) in [5, 5.41) is 23.5. The van der Waals surface area contributed by atoms with E-state index in [9.17, 15) is 5.11 Å². The van der Waals surface area contributed by atoms with E-state index in [1.54, 1.807) is 13.8 Å². The van der Waals surface area contributed by atoms with Crippen molar-refractivity contribution in [2.45, 2.75) is 20.0 Å². The molecule has 0 aromatic carbocycles. The van der Waals surface area contributed by atoms with E-state index < -0.39 is 6.10 Å². The Bertz CT molecular complexity index is 21.4. The summed E-state index contributed by atoms with van der Waals surface area (Å²) >= 11 is 0. The standard InChI is InChI=1S/C3H7O.BH2O2/c1-3(2)4;2-1-3/h3H,1-2H3;2-3H/q-1;+1.